The molecule has 0 spiro atoms. The summed E-state index contributed by atoms with van der Waals surface area (Å²) in [6.07, 6.45) is 0. The highest BCUT2D eigenvalue weighted by molar-refractivity contribution is 9.09. The fourth-order valence-corrected chi connectivity index (χ4v) is 4.60. The third-order valence-electron chi connectivity index (χ3n) is 2.50. The van der Waals surface area contributed by atoms with Crippen molar-refractivity contribution in [2.45, 2.75) is 12.3 Å². The van der Waals surface area contributed by atoms with E-state index in [0.717, 1.165) is 0 Å². The summed E-state index contributed by atoms with van der Waals surface area (Å²) in [6.45, 7) is 5.51. The Labute approximate surface area is 110 Å². The van der Waals surface area contributed by atoms with Crippen molar-refractivity contribution < 1.29 is 14.2 Å². The zero-order valence-electron chi connectivity index (χ0n) is 9.67. The number of hydrogen-bond donors (Lipinski definition) is 1. The van der Waals surface area contributed by atoms with E-state index in [1.807, 2.05) is 6.07 Å². The second kappa shape index (κ2) is 5.96. The van der Waals surface area contributed by atoms with E-state index in [9.17, 15) is 9.67 Å². The van der Waals surface area contributed by atoms with E-state index in [1.54, 1.807) is 31.2 Å². The zero-order valence-corrected chi connectivity index (χ0v) is 12.2. The minimum Gasteiger partial charge on any atom is -0.374 e. The van der Waals surface area contributed by atoms with Crippen molar-refractivity contribution in [1.82, 2.24) is 0 Å². The van der Waals surface area contributed by atoms with Gasteiger partial charge in [0.1, 0.15) is 0 Å². The van der Waals surface area contributed by atoms with E-state index in [2.05, 4.69) is 22.5 Å². The first-order chi connectivity index (χ1) is 8.04. The lowest BCUT2D eigenvalue weighted by atomic mass is 10.1. The van der Waals surface area contributed by atoms with Gasteiger partial charge in [0.25, 0.3) is 7.37 Å². The van der Waals surface area contributed by atoms with Gasteiger partial charge in [0.2, 0.25) is 0 Å². The molecule has 0 fully saturated rings. The Morgan fingerprint density at radius 2 is 2.12 bits per heavy atom. The van der Waals surface area contributed by atoms with Crippen molar-refractivity contribution in [3.63, 3.8) is 0 Å². The number of hydrogen-bond acceptors (Lipinski definition) is 3. The minimum absolute atomic E-state index is 0.118. The van der Waals surface area contributed by atoms with Gasteiger partial charge in [0.15, 0.2) is 5.34 Å². The molecule has 1 aromatic rings. The molecule has 1 aromatic carbocycles. The van der Waals surface area contributed by atoms with E-state index in [1.165, 1.54) is 5.82 Å². The van der Waals surface area contributed by atoms with Gasteiger partial charge in [-0.1, -0.05) is 52.8 Å². The first kappa shape index (κ1) is 14.7. The second-order valence-electron chi connectivity index (χ2n) is 3.51. The fourth-order valence-electron chi connectivity index (χ4n) is 1.55. The molecule has 17 heavy (non-hydrogen) atoms. The normalized spacial score (nSPS) is 18.1. The van der Waals surface area contributed by atoms with Crippen LogP contribution in [0.15, 0.2) is 42.7 Å². The molecule has 0 aliphatic rings. The summed E-state index contributed by atoms with van der Waals surface area (Å²) >= 11 is 3.21. The highest BCUT2D eigenvalue weighted by Crippen LogP contribution is 2.64. The van der Waals surface area contributed by atoms with Crippen molar-refractivity contribution in [3.8, 4) is 0 Å². The van der Waals surface area contributed by atoms with E-state index in [0.29, 0.717) is 5.56 Å². The molecule has 5 heteroatoms. The average Bonchev–Trinajstić information content (AvgIpc) is 2.38. The Hall–Kier alpha value is -0.410. The van der Waals surface area contributed by atoms with Gasteiger partial charge in [-0.2, -0.15) is 0 Å². The largest absolute Gasteiger partial charge is 0.374 e. The molecular weight excluding hydrogens is 303 g/mol. The molecule has 0 heterocycles. The van der Waals surface area contributed by atoms with Crippen LogP contribution in [0.3, 0.4) is 0 Å². The minimum atomic E-state index is -3.37. The van der Waals surface area contributed by atoms with Gasteiger partial charge in [-0.05, 0) is 18.3 Å². The van der Waals surface area contributed by atoms with Crippen molar-refractivity contribution >= 4 is 23.3 Å². The van der Waals surface area contributed by atoms with Crippen molar-refractivity contribution in [2.75, 3.05) is 11.9 Å². The maximum absolute atomic E-state index is 12.6. The summed E-state index contributed by atoms with van der Waals surface area (Å²) in [5.74, 6) is 1.21. The lowest BCUT2D eigenvalue weighted by Gasteiger charge is -2.32. The van der Waals surface area contributed by atoms with Crippen molar-refractivity contribution in [2.24, 2.45) is 0 Å². The summed E-state index contributed by atoms with van der Waals surface area (Å²) in [5.41, 5.74) is 0.550. The molecule has 94 valence electrons. The lowest BCUT2D eigenvalue weighted by Crippen LogP contribution is -2.28. The van der Waals surface area contributed by atoms with Gasteiger partial charge in [0, 0.05) is 5.33 Å². The monoisotopic (exact) mass is 318 g/mol. The van der Waals surface area contributed by atoms with Gasteiger partial charge in [-0.15, -0.1) is 0 Å². The van der Waals surface area contributed by atoms with Gasteiger partial charge in [0.05, 0.1) is 6.61 Å². The quantitative estimate of drug-likeness (QED) is 0.643. The Bertz CT molecular complexity index is 421. The standard InChI is InChI=1S/C12H16BrO3P/c1-3-16-17(15,4-2)12(14,10-13)11-8-6-5-7-9-11/h4-9,14H,2-3,10H2,1H3/t12-,17-/m1/s1. The molecule has 0 unspecified atom stereocenters. The Morgan fingerprint density at radius 1 is 1.53 bits per heavy atom. The molecule has 2 atom stereocenters. The zero-order chi connectivity index (χ0) is 12.9. The average molecular weight is 319 g/mol. The number of benzene rings is 1. The summed E-state index contributed by atoms with van der Waals surface area (Å²) < 4.78 is 17.9. The lowest BCUT2D eigenvalue weighted by molar-refractivity contribution is 0.127. The summed E-state index contributed by atoms with van der Waals surface area (Å²) in [5, 5.41) is 9.18. The van der Waals surface area contributed by atoms with Gasteiger partial charge < -0.3 is 9.63 Å². The van der Waals surface area contributed by atoms with Crippen LogP contribution in [0.4, 0.5) is 0 Å². The van der Waals surface area contributed by atoms with Crippen LogP contribution in [0, 0.1) is 0 Å². The molecule has 0 saturated carbocycles. The molecule has 0 amide bonds. The van der Waals surface area contributed by atoms with E-state index >= 15 is 0 Å². The molecule has 0 aromatic heterocycles. The molecular formula is C12H16BrO3P. The molecule has 0 bridgehead atoms. The number of halogens is 1. The van der Waals surface area contributed by atoms with Gasteiger partial charge in [-0.3, -0.25) is 4.57 Å². The maximum Gasteiger partial charge on any atom is 0.260 e. The first-order valence-electron chi connectivity index (χ1n) is 5.26. The van der Waals surface area contributed by atoms with Crippen LogP contribution in [-0.4, -0.2) is 17.0 Å². The first-order valence-corrected chi connectivity index (χ1v) is 8.07. The van der Waals surface area contributed by atoms with E-state index in [4.69, 9.17) is 4.52 Å². The third kappa shape index (κ3) is 2.71. The van der Waals surface area contributed by atoms with Crippen LogP contribution in [0.1, 0.15) is 12.5 Å². The van der Waals surface area contributed by atoms with Crippen LogP contribution >= 0.6 is 23.3 Å². The highest BCUT2D eigenvalue weighted by atomic mass is 79.9. The van der Waals surface area contributed by atoms with Crippen LogP contribution < -0.4 is 0 Å². The molecule has 1 rings (SSSR count). The molecule has 3 nitrogen and oxygen atoms in total. The third-order valence-corrected chi connectivity index (χ3v) is 6.31. The van der Waals surface area contributed by atoms with Crippen molar-refractivity contribution in [3.05, 3.63) is 48.3 Å². The van der Waals surface area contributed by atoms with Crippen LogP contribution in [0.2, 0.25) is 0 Å². The number of aliphatic hydroxyl groups is 1. The second-order valence-corrected chi connectivity index (χ2v) is 6.63. The highest BCUT2D eigenvalue weighted by Gasteiger charge is 2.46. The summed E-state index contributed by atoms with van der Waals surface area (Å²) in [6, 6.07) is 8.83. The van der Waals surface area contributed by atoms with Crippen LogP contribution in [0.25, 0.3) is 0 Å². The molecule has 0 aliphatic carbocycles. The van der Waals surface area contributed by atoms with E-state index in [-0.39, 0.29) is 11.9 Å². The smallest absolute Gasteiger partial charge is 0.260 e. The van der Waals surface area contributed by atoms with Crippen molar-refractivity contribution in [1.29, 1.82) is 0 Å². The number of rotatable bonds is 6. The maximum atomic E-state index is 12.6. The van der Waals surface area contributed by atoms with Gasteiger partial charge >= 0.3 is 0 Å². The van der Waals surface area contributed by atoms with Gasteiger partial charge in [-0.25, -0.2) is 0 Å². The molecule has 0 aliphatic heterocycles. The Balaban J connectivity index is 3.29. The summed E-state index contributed by atoms with van der Waals surface area (Å²) in [7, 11) is -3.37. The molecule has 0 saturated heterocycles. The molecule has 0 radical (unpaired) electrons. The molecule has 1 N–H and O–H groups in total. The van der Waals surface area contributed by atoms with Crippen LogP contribution in [-0.2, 0) is 14.4 Å². The fraction of sp³-hybridized carbons (Fsp3) is 0.333. The van der Waals surface area contributed by atoms with Crippen LogP contribution in [0.5, 0.6) is 0 Å². The SMILES string of the molecule is C=C[P@@](=O)(OCC)[C@](O)(CBr)c1ccccc1. The topological polar surface area (TPSA) is 46.5 Å². The summed E-state index contributed by atoms with van der Waals surface area (Å²) in [4.78, 5) is 0. The Morgan fingerprint density at radius 3 is 2.53 bits per heavy atom. The number of alkyl halides is 1. The predicted octanol–water partition coefficient (Wildman–Crippen LogP) is 3.68. The predicted molar refractivity (Wildman–Crippen MR) is 73.6 cm³/mol. The Kier molecular flexibility index (Phi) is 5.14. The van der Waals surface area contributed by atoms with E-state index < -0.39 is 12.7 Å².